The Hall–Kier alpha value is -3.48. The smallest absolute Gasteiger partial charge is 0.261 e. The van der Waals surface area contributed by atoms with E-state index in [1.807, 2.05) is 6.07 Å². The van der Waals surface area contributed by atoms with Crippen LogP contribution in [-0.4, -0.2) is 21.4 Å². The summed E-state index contributed by atoms with van der Waals surface area (Å²) in [5.41, 5.74) is 1.49. The zero-order valence-corrected chi connectivity index (χ0v) is 15.2. The minimum Gasteiger partial charge on any atom is -0.326 e. The molecule has 0 saturated heterocycles. The Morgan fingerprint density at radius 3 is 2.37 bits per heavy atom. The number of nitrogens with one attached hydrogen (secondary N) is 2. The second-order valence-electron chi connectivity index (χ2n) is 6.10. The highest BCUT2D eigenvalue weighted by Crippen LogP contribution is 2.15. The van der Waals surface area contributed by atoms with Gasteiger partial charge in [-0.25, -0.2) is 4.98 Å². The van der Waals surface area contributed by atoms with Crippen molar-refractivity contribution in [3.63, 3.8) is 0 Å². The Kier molecular flexibility index (Phi) is 5.30. The third-order valence-corrected chi connectivity index (χ3v) is 4.11. The van der Waals surface area contributed by atoms with Crippen LogP contribution in [0.25, 0.3) is 10.9 Å². The highest BCUT2D eigenvalue weighted by atomic mass is 16.2. The number of nitrogens with zero attached hydrogens (tertiary/aromatic N) is 2. The van der Waals surface area contributed by atoms with Gasteiger partial charge < -0.3 is 10.6 Å². The van der Waals surface area contributed by atoms with Crippen molar-refractivity contribution in [3.8, 4) is 0 Å². The molecule has 0 unspecified atom stereocenters. The van der Waals surface area contributed by atoms with E-state index in [1.165, 1.54) is 4.57 Å². The molecule has 1 heterocycles. The SMILES string of the molecule is CCC(=O)Nc1cccc(NC(=O)Cn2c(C)nc3ccccc3c2=O)c1. The average Bonchev–Trinajstić information content (AvgIpc) is 2.65. The van der Waals surface area contributed by atoms with Crippen LogP contribution in [0.15, 0.2) is 53.3 Å². The van der Waals surface area contributed by atoms with Crippen LogP contribution in [0, 0.1) is 6.92 Å². The van der Waals surface area contributed by atoms with Crippen molar-refractivity contribution >= 4 is 34.1 Å². The van der Waals surface area contributed by atoms with E-state index < -0.39 is 0 Å². The summed E-state index contributed by atoms with van der Waals surface area (Å²) in [5.74, 6) is 0.0111. The normalized spacial score (nSPS) is 10.6. The number of rotatable bonds is 5. The van der Waals surface area contributed by atoms with E-state index >= 15 is 0 Å². The summed E-state index contributed by atoms with van der Waals surface area (Å²) in [6.07, 6.45) is 0.369. The Balaban J connectivity index is 1.79. The molecule has 27 heavy (non-hydrogen) atoms. The van der Waals surface area contributed by atoms with Gasteiger partial charge in [0, 0.05) is 17.8 Å². The van der Waals surface area contributed by atoms with Crippen molar-refractivity contribution < 1.29 is 9.59 Å². The molecule has 138 valence electrons. The van der Waals surface area contributed by atoms with Gasteiger partial charge in [-0.15, -0.1) is 0 Å². The Morgan fingerprint density at radius 1 is 1.00 bits per heavy atom. The number of anilines is 2. The maximum absolute atomic E-state index is 12.6. The molecule has 3 rings (SSSR count). The lowest BCUT2D eigenvalue weighted by atomic mass is 10.2. The van der Waals surface area contributed by atoms with Crippen LogP contribution in [-0.2, 0) is 16.1 Å². The summed E-state index contributed by atoms with van der Waals surface area (Å²) >= 11 is 0. The highest BCUT2D eigenvalue weighted by Gasteiger charge is 2.12. The van der Waals surface area contributed by atoms with E-state index in [0.29, 0.717) is 34.5 Å². The first kappa shape index (κ1) is 18.3. The molecular formula is C20H20N4O3. The number of hydrogen-bond donors (Lipinski definition) is 2. The maximum Gasteiger partial charge on any atom is 0.261 e. The molecule has 0 atom stereocenters. The molecule has 7 heteroatoms. The molecule has 2 amide bonds. The van der Waals surface area contributed by atoms with Crippen LogP contribution in [0.2, 0.25) is 0 Å². The molecule has 3 aromatic rings. The molecule has 0 aliphatic rings. The molecule has 2 N–H and O–H groups in total. The zero-order chi connectivity index (χ0) is 19.4. The second kappa shape index (κ2) is 7.82. The van der Waals surface area contributed by atoms with Crippen molar-refractivity contribution in [2.75, 3.05) is 10.6 Å². The number of hydrogen-bond acceptors (Lipinski definition) is 4. The molecule has 0 fully saturated rings. The van der Waals surface area contributed by atoms with Crippen molar-refractivity contribution in [2.45, 2.75) is 26.8 Å². The highest BCUT2D eigenvalue weighted by molar-refractivity contribution is 5.94. The molecule has 0 radical (unpaired) electrons. The van der Waals surface area contributed by atoms with Gasteiger partial charge in [-0.3, -0.25) is 19.0 Å². The van der Waals surface area contributed by atoms with Gasteiger partial charge in [-0.1, -0.05) is 25.1 Å². The number of benzene rings is 2. The predicted molar refractivity (Wildman–Crippen MR) is 105 cm³/mol. The molecule has 7 nitrogen and oxygen atoms in total. The molecule has 0 aliphatic heterocycles. The van der Waals surface area contributed by atoms with Gasteiger partial charge in [0.1, 0.15) is 12.4 Å². The zero-order valence-electron chi connectivity index (χ0n) is 15.2. The maximum atomic E-state index is 12.6. The molecule has 2 aromatic carbocycles. The lowest BCUT2D eigenvalue weighted by molar-refractivity contribution is -0.117. The van der Waals surface area contributed by atoms with Crippen LogP contribution in [0.4, 0.5) is 11.4 Å². The lowest BCUT2D eigenvalue weighted by Gasteiger charge is -2.12. The third kappa shape index (κ3) is 4.20. The molecule has 0 aliphatic carbocycles. The number of carbonyl (C=O) groups excluding carboxylic acids is 2. The number of amides is 2. The summed E-state index contributed by atoms with van der Waals surface area (Å²) in [6.45, 7) is 3.31. The quantitative estimate of drug-likeness (QED) is 0.728. The van der Waals surface area contributed by atoms with Gasteiger partial charge >= 0.3 is 0 Å². The monoisotopic (exact) mass is 364 g/mol. The summed E-state index contributed by atoms with van der Waals surface area (Å²) in [6, 6.07) is 13.9. The lowest BCUT2D eigenvalue weighted by Crippen LogP contribution is -2.30. The van der Waals surface area contributed by atoms with E-state index in [0.717, 1.165) is 0 Å². The van der Waals surface area contributed by atoms with E-state index in [4.69, 9.17) is 0 Å². The Labute approximate surface area is 156 Å². The summed E-state index contributed by atoms with van der Waals surface area (Å²) in [7, 11) is 0. The topological polar surface area (TPSA) is 93.1 Å². The summed E-state index contributed by atoms with van der Waals surface area (Å²) in [4.78, 5) is 40.9. The second-order valence-corrected chi connectivity index (χ2v) is 6.10. The first-order valence-corrected chi connectivity index (χ1v) is 8.64. The van der Waals surface area contributed by atoms with Gasteiger partial charge in [-0.2, -0.15) is 0 Å². The van der Waals surface area contributed by atoms with Crippen molar-refractivity contribution in [1.29, 1.82) is 0 Å². The van der Waals surface area contributed by atoms with Crippen LogP contribution < -0.4 is 16.2 Å². The molecular weight excluding hydrogens is 344 g/mol. The Bertz CT molecular complexity index is 1070. The van der Waals surface area contributed by atoms with Crippen LogP contribution in [0.1, 0.15) is 19.2 Å². The molecule has 0 bridgehead atoms. The van der Waals surface area contributed by atoms with Gasteiger partial charge in [-0.05, 0) is 37.3 Å². The fourth-order valence-electron chi connectivity index (χ4n) is 2.73. The molecule has 0 saturated carbocycles. The standard InChI is InChI=1S/C20H20N4O3/c1-3-18(25)22-14-7-6-8-15(11-14)23-19(26)12-24-13(2)21-17-10-5-4-9-16(17)20(24)27/h4-11H,3,12H2,1-2H3,(H,22,25)(H,23,26). The van der Waals surface area contributed by atoms with Gasteiger partial charge in [0.15, 0.2) is 0 Å². The minimum absolute atomic E-state index is 0.108. The molecule has 1 aromatic heterocycles. The number of carbonyl (C=O) groups is 2. The average molecular weight is 364 g/mol. The largest absolute Gasteiger partial charge is 0.326 e. The van der Waals surface area contributed by atoms with Crippen LogP contribution >= 0.6 is 0 Å². The van der Waals surface area contributed by atoms with Crippen molar-refractivity contribution in [2.24, 2.45) is 0 Å². The van der Waals surface area contributed by atoms with E-state index in [9.17, 15) is 14.4 Å². The number of fused-ring (bicyclic) bond motifs is 1. The van der Waals surface area contributed by atoms with Gasteiger partial charge in [0.05, 0.1) is 10.9 Å². The van der Waals surface area contributed by atoms with Gasteiger partial charge in [0.2, 0.25) is 11.8 Å². The van der Waals surface area contributed by atoms with E-state index in [2.05, 4.69) is 15.6 Å². The van der Waals surface area contributed by atoms with E-state index in [1.54, 1.807) is 56.3 Å². The molecule has 0 spiro atoms. The first-order valence-electron chi connectivity index (χ1n) is 8.64. The summed E-state index contributed by atoms with van der Waals surface area (Å²) in [5, 5.41) is 5.96. The predicted octanol–water partition coefficient (Wildman–Crippen LogP) is 2.69. The minimum atomic E-state index is -0.351. The first-order chi connectivity index (χ1) is 13.0. The fraction of sp³-hybridized carbons (Fsp3) is 0.200. The van der Waals surface area contributed by atoms with Crippen LogP contribution in [0.3, 0.4) is 0 Å². The Morgan fingerprint density at radius 2 is 1.67 bits per heavy atom. The van der Waals surface area contributed by atoms with E-state index in [-0.39, 0.29) is 23.9 Å². The fourth-order valence-corrected chi connectivity index (χ4v) is 2.73. The third-order valence-electron chi connectivity index (χ3n) is 4.11. The van der Waals surface area contributed by atoms with Gasteiger partial charge in [0.25, 0.3) is 5.56 Å². The number of aryl methyl sites for hydroxylation is 1. The number of para-hydroxylation sites is 1. The van der Waals surface area contributed by atoms with Crippen molar-refractivity contribution in [1.82, 2.24) is 9.55 Å². The van der Waals surface area contributed by atoms with Crippen molar-refractivity contribution in [3.05, 3.63) is 64.7 Å². The number of aromatic nitrogens is 2. The van der Waals surface area contributed by atoms with Crippen LogP contribution in [0.5, 0.6) is 0 Å². The summed E-state index contributed by atoms with van der Waals surface area (Å²) < 4.78 is 1.35.